The summed E-state index contributed by atoms with van der Waals surface area (Å²) >= 11 is 0. The van der Waals surface area contributed by atoms with Crippen molar-refractivity contribution in [2.45, 2.75) is 25.8 Å². The van der Waals surface area contributed by atoms with Gasteiger partial charge in [0.05, 0.1) is 5.69 Å². The van der Waals surface area contributed by atoms with E-state index in [1.807, 2.05) is 6.07 Å². The van der Waals surface area contributed by atoms with Crippen LogP contribution >= 0.6 is 0 Å². The maximum Gasteiger partial charge on any atom is 0.110 e. The SMILES string of the molecule is NCCc1nc(-c2ccccc2)c2n1CCC2. The second-order valence-electron chi connectivity index (χ2n) is 4.48. The van der Waals surface area contributed by atoms with Gasteiger partial charge in [0.1, 0.15) is 5.82 Å². The average molecular weight is 227 g/mol. The monoisotopic (exact) mass is 227 g/mol. The van der Waals surface area contributed by atoms with Gasteiger partial charge in [-0.3, -0.25) is 0 Å². The van der Waals surface area contributed by atoms with Gasteiger partial charge in [-0.2, -0.15) is 0 Å². The molecule has 0 atom stereocenters. The molecule has 3 nitrogen and oxygen atoms in total. The first kappa shape index (κ1) is 10.5. The van der Waals surface area contributed by atoms with Crippen LogP contribution < -0.4 is 5.73 Å². The van der Waals surface area contributed by atoms with Crippen LogP contribution in [0.4, 0.5) is 0 Å². The number of nitrogens with zero attached hydrogens (tertiary/aromatic N) is 2. The minimum Gasteiger partial charge on any atom is -0.331 e. The quantitative estimate of drug-likeness (QED) is 0.871. The summed E-state index contributed by atoms with van der Waals surface area (Å²) in [6.45, 7) is 1.77. The largest absolute Gasteiger partial charge is 0.331 e. The molecule has 3 heteroatoms. The van der Waals surface area contributed by atoms with Crippen LogP contribution in [-0.4, -0.2) is 16.1 Å². The molecule has 3 rings (SSSR count). The van der Waals surface area contributed by atoms with Crippen LogP contribution in [0, 0.1) is 0 Å². The Morgan fingerprint density at radius 2 is 2.06 bits per heavy atom. The summed E-state index contributed by atoms with van der Waals surface area (Å²) < 4.78 is 2.36. The third-order valence-corrected chi connectivity index (χ3v) is 3.36. The van der Waals surface area contributed by atoms with Crippen LogP contribution in [0.2, 0.25) is 0 Å². The molecule has 0 bridgehead atoms. The second kappa shape index (κ2) is 4.34. The predicted molar refractivity (Wildman–Crippen MR) is 68.7 cm³/mol. The Morgan fingerprint density at radius 1 is 1.24 bits per heavy atom. The van der Waals surface area contributed by atoms with E-state index in [4.69, 9.17) is 10.7 Å². The van der Waals surface area contributed by atoms with Crippen molar-refractivity contribution in [2.75, 3.05) is 6.54 Å². The van der Waals surface area contributed by atoms with E-state index in [1.54, 1.807) is 0 Å². The lowest BCUT2D eigenvalue weighted by Gasteiger charge is -2.01. The molecule has 0 spiro atoms. The normalized spacial score (nSPS) is 13.9. The highest BCUT2D eigenvalue weighted by molar-refractivity contribution is 5.62. The average Bonchev–Trinajstić information content (AvgIpc) is 2.94. The zero-order valence-electron chi connectivity index (χ0n) is 9.89. The van der Waals surface area contributed by atoms with Crippen molar-refractivity contribution in [1.82, 2.24) is 9.55 Å². The van der Waals surface area contributed by atoms with Crippen molar-refractivity contribution < 1.29 is 0 Å². The third kappa shape index (κ3) is 1.76. The van der Waals surface area contributed by atoms with E-state index in [0.29, 0.717) is 6.54 Å². The lowest BCUT2D eigenvalue weighted by atomic mass is 10.1. The first-order valence-electron chi connectivity index (χ1n) is 6.24. The van der Waals surface area contributed by atoms with E-state index in [9.17, 15) is 0 Å². The van der Waals surface area contributed by atoms with Gasteiger partial charge in [-0.25, -0.2) is 4.98 Å². The van der Waals surface area contributed by atoms with Gasteiger partial charge >= 0.3 is 0 Å². The van der Waals surface area contributed by atoms with Gasteiger partial charge in [-0.05, 0) is 19.4 Å². The number of hydrogen-bond donors (Lipinski definition) is 1. The van der Waals surface area contributed by atoms with Crippen molar-refractivity contribution in [3.05, 3.63) is 41.9 Å². The fraction of sp³-hybridized carbons (Fsp3) is 0.357. The van der Waals surface area contributed by atoms with Gasteiger partial charge in [0.15, 0.2) is 0 Å². The van der Waals surface area contributed by atoms with Crippen LogP contribution in [0.3, 0.4) is 0 Å². The van der Waals surface area contributed by atoms with Gasteiger partial charge in [-0.15, -0.1) is 0 Å². The molecule has 88 valence electrons. The molecule has 1 aliphatic heterocycles. The Hall–Kier alpha value is -1.61. The molecule has 0 aliphatic carbocycles. The summed E-state index contributed by atoms with van der Waals surface area (Å²) in [6.07, 6.45) is 3.25. The van der Waals surface area contributed by atoms with E-state index in [1.165, 1.54) is 17.7 Å². The van der Waals surface area contributed by atoms with Crippen molar-refractivity contribution >= 4 is 0 Å². The molecule has 0 unspecified atom stereocenters. The molecule has 2 aromatic rings. The summed E-state index contributed by atoms with van der Waals surface area (Å²) in [6, 6.07) is 10.4. The molecule has 0 saturated carbocycles. The number of aromatic nitrogens is 2. The van der Waals surface area contributed by atoms with Gasteiger partial charge < -0.3 is 10.3 Å². The second-order valence-corrected chi connectivity index (χ2v) is 4.48. The summed E-state index contributed by atoms with van der Waals surface area (Å²) in [7, 11) is 0. The molecule has 0 amide bonds. The lowest BCUT2D eigenvalue weighted by Crippen LogP contribution is -2.08. The number of benzene rings is 1. The van der Waals surface area contributed by atoms with Crippen molar-refractivity contribution in [1.29, 1.82) is 0 Å². The van der Waals surface area contributed by atoms with Gasteiger partial charge in [0, 0.05) is 24.2 Å². The highest BCUT2D eigenvalue weighted by atomic mass is 15.1. The lowest BCUT2D eigenvalue weighted by molar-refractivity contribution is 0.685. The van der Waals surface area contributed by atoms with Crippen molar-refractivity contribution in [3.63, 3.8) is 0 Å². The first-order chi connectivity index (χ1) is 8.40. The van der Waals surface area contributed by atoms with Crippen molar-refractivity contribution in [3.8, 4) is 11.3 Å². The van der Waals surface area contributed by atoms with Crippen LogP contribution in [-0.2, 0) is 19.4 Å². The van der Waals surface area contributed by atoms with Crippen LogP contribution in [0.5, 0.6) is 0 Å². The Balaban J connectivity index is 2.09. The third-order valence-electron chi connectivity index (χ3n) is 3.36. The Labute approximate surface area is 101 Å². The number of fused-ring (bicyclic) bond motifs is 1. The highest BCUT2D eigenvalue weighted by Gasteiger charge is 2.21. The summed E-state index contributed by atoms with van der Waals surface area (Å²) in [5, 5.41) is 0. The predicted octanol–water partition coefficient (Wildman–Crippen LogP) is 2.00. The van der Waals surface area contributed by atoms with Crippen LogP contribution in [0.1, 0.15) is 17.9 Å². The number of hydrogen-bond acceptors (Lipinski definition) is 2. The highest BCUT2D eigenvalue weighted by Crippen LogP contribution is 2.29. The smallest absolute Gasteiger partial charge is 0.110 e. The zero-order chi connectivity index (χ0) is 11.7. The Morgan fingerprint density at radius 3 is 2.82 bits per heavy atom. The summed E-state index contributed by atoms with van der Waals surface area (Å²) in [5.74, 6) is 1.15. The molecule has 0 saturated heterocycles. The van der Waals surface area contributed by atoms with Gasteiger partial charge in [0.2, 0.25) is 0 Å². The molecule has 2 heterocycles. The minimum atomic E-state index is 0.671. The zero-order valence-corrected chi connectivity index (χ0v) is 9.89. The minimum absolute atomic E-state index is 0.671. The molecule has 2 N–H and O–H groups in total. The van der Waals surface area contributed by atoms with E-state index in [-0.39, 0.29) is 0 Å². The van der Waals surface area contributed by atoms with Crippen LogP contribution in [0.15, 0.2) is 30.3 Å². The topological polar surface area (TPSA) is 43.8 Å². The molecular weight excluding hydrogens is 210 g/mol. The number of rotatable bonds is 3. The maximum atomic E-state index is 5.65. The van der Waals surface area contributed by atoms with E-state index in [0.717, 1.165) is 30.9 Å². The summed E-state index contributed by atoms with van der Waals surface area (Å²) in [4.78, 5) is 4.77. The number of nitrogens with two attached hydrogens (primary N) is 1. The van der Waals surface area contributed by atoms with Crippen molar-refractivity contribution in [2.24, 2.45) is 5.73 Å². The number of imidazole rings is 1. The Kier molecular flexibility index (Phi) is 2.69. The Bertz CT molecular complexity index is 514. The molecule has 1 aromatic carbocycles. The fourth-order valence-electron chi connectivity index (χ4n) is 2.61. The molecular formula is C14H17N3. The molecule has 17 heavy (non-hydrogen) atoms. The van der Waals surface area contributed by atoms with E-state index in [2.05, 4.69) is 28.8 Å². The van der Waals surface area contributed by atoms with E-state index < -0.39 is 0 Å². The van der Waals surface area contributed by atoms with Gasteiger partial charge in [0.25, 0.3) is 0 Å². The van der Waals surface area contributed by atoms with Gasteiger partial charge in [-0.1, -0.05) is 30.3 Å². The summed E-state index contributed by atoms with van der Waals surface area (Å²) in [5.41, 5.74) is 9.42. The standard InChI is InChI=1S/C14H17N3/c15-9-8-13-16-14(11-5-2-1-3-6-11)12-7-4-10-17(12)13/h1-3,5-6H,4,7-10,15H2. The van der Waals surface area contributed by atoms with Crippen LogP contribution in [0.25, 0.3) is 11.3 Å². The molecule has 0 radical (unpaired) electrons. The first-order valence-corrected chi connectivity index (χ1v) is 6.24. The van der Waals surface area contributed by atoms with E-state index >= 15 is 0 Å². The fourth-order valence-corrected chi connectivity index (χ4v) is 2.61. The molecule has 1 aromatic heterocycles. The maximum absolute atomic E-state index is 5.65. The molecule has 1 aliphatic rings. The molecule has 0 fully saturated rings.